The van der Waals surface area contributed by atoms with Crippen LogP contribution in [-0.4, -0.2) is 34.6 Å². The maximum Gasteiger partial charge on any atom is 0.326 e. The van der Waals surface area contributed by atoms with Crippen LogP contribution in [-0.2, 0) is 4.79 Å². The first-order valence-corrected chi connectivity index (χ1v) is 6.03. The molecule has 1 aromatic rings. The third kappa shape index (κ3) is 2.69. The summed E-state index contributed by atoms with van der Waals surface area (Å²) < 4.78 is 13.2. The van der Waals surface area contributed by atoms with E-state index in [9.17, 15) is 14.0 Å². The fourth-order valence-electron chi connectivity index (χ4n) is 2.15. The highest BCUT2D eigenvalue weighted by Crippen LogP contribution is 2.20. The summed E-state index contributed by atoms with van der Waals surface area (Å²) >= 11 is 0. The van der Waals surface area contributed by atoms with Crippen LogP contribution in [0.2, 0.25) is 0 Å². The summed E-state index contributed by atoms with van der Waals surface area (Å²) in [5, 5.41) is 20.2. The van der Waals surface area contributed by atoms with Crippen molar-refractivity contribution in [3.05, 3.63) is 29.6 Å². The number of halogens is 1. The summed E-state index contributed by atoms with van der Waals surface area (Å²) in [6.07, 6.45) is 1.03. The Morgan fingerprint density at radius 1 is 1.50 bits per heavy atom. The standard InChI is InChI=1S/C13H12FN3O3/c14-10-4-3-9(6-8(10)7-15)16-13(20)17-5-1-2-11(17)12(18)19/h3-4,6,11H,1-2,5H2,(H,16,20)(H,18,19)/t11-/m0/s1. The van der Waals surface area contributed by atoms with Crippen molar-refractivity contribution in [1.82, 2.24) is 4.90 Å². The Morgan fingerprint density at radius 2 is 2.25 bits per heavy atom. The molecule has 0 aliphatic carbocycles. The summed E-state index contributed by atoms with van der Waals surface area (Å²) in [4.78, 5) is 24.2. The summed E-state index contributed by atoms with van der Waals surface area (Å²) in [5.74, 6) is -1.72. The number of nitrogens with zero attached hydrogens (tertiary/aromatic N) is 2. The topological polar surface area (TPSA) is 93.4 Å². The Labute approximate surface area is 114 Å². The summed E-state index contributed by atoms with van der Waals surface area (Å²) in [6.45, 7) is 0.356. The van der Waals surface area contributed by atoms with Gasteiger partial charge in [-0.05, 0) is 31.0 Å². The molecule has 1 saturated heterocycles. The van der Waals surface area contributed by atoms with E-state index in [4.69, 9.17) is 10.4 Å². The van der Waals surface area contributed by atoms with E-state index >= 15 is 0 Å². The Morgan fingerprint density at radius 3 is 2.90 bits per heavy atom. The Kier molecular flexibility index (Phi) is 3.84. The second-order valence-electron chi connectivity index (χ2n) is 4.43. The minimum atomic E-state index is -1.05. The van der Waals surface area contributed by atoms with Gasteiger partial charge in [-0.3, -0.25) is 0 Å². The molecule has 20 heavy (non-hydrogen) atoms. The minimum Gasteiger partial charge on any atom is -0.480 e. The van der Waals surface area contributed by atoms with Crippen LogP contribution in [0.25, 0.3) is 0 Å². The lowest BCUT2D eigenvalue weighted by atomic mass is 10.2. The highest BCUT2D eigenvalue weighted by atomic mass is 19.1. The van der Waals surface area contributed by atoms with E-state index in [1.165, 1.54) is 17.0 Å². The maximum atomic E-state index is 13.2. The van der Waals surface area contributed by atoms with Crippen LogP contribution in [0.5, 0.6) is 0 Å². The first-order chi connectivity index (χ1) is 9.52. The average molecular weight is 277 g/mol. The predicted octanol–water partition coefficient (Wildman–Crippen LogP) is 1.78. The van der Waals surface area contributed by atoms with E-state index in [0.29, 0.717) is 19.4 Å². The molecule has 1 atom stereocenters. The van der Waals surface area contributed by atoms with Crippen molar-refractivity contribution in [2.45, 2.75) is 18.9 Å². The van der Waals surface area contributed by atoms with Crippen LogP contribution in [0.15, 0.2) is 18.2 Å². The third-order valence-corrected chi connectivity index (χ3v) is 3.14. The molecule has 0 aromatic heterocycles. The van der Waals surface area contributed by atoms with Gasteiger partial charge in [0.1, 0.15) is 17.9 Å². The van der Waals surface area contributed by atoms with Gasteiger partial charge in [-0.15, -0.1) is 0 Å². The van der Waals surface area contributed by atoms with Gasteiger partial charge in [0, 0.05) is 12.2 Å². The molecule has 1 heterocycles. The first kappa shape index (κ1) is 13.8. The predicted molar refractivity (Wildman–Crippen MR) is 67.5 cm³/mol. The van der Waals surface area contributed by atoms with Gasteiger partial charge < -0.3 is 15.3 Å². The number of benzene rings is 1. The molecule has 1 aromatic carbocycles. The third-order valence-electron chi connectivity index (χ3n) is 3.14. The zero-order chi connectivity index (χ0) is 14.7. The largest absolute Gasteiger partial charge is 0.480 e. The molecule has 2 amide bonds. The molecule has 0 spiro atoms. The van der Waals surface area contributed by atoms with Crippen molar-refractivity contribution in [3.8, 4) is 6.07 Å². The molecular weight excluding hydrogens is 265 g/mol. The molecule has 0 bridgehead atoms. The van der Waals surface area contributed by atoms with E-state index in [-0.39, 0.29) is 11.3 Å². The molecular formula is C13H12FN3O3. The molecule has 6 nitrogen and oxygen atoms in total. The second-order valence-corrected chi connectivity index (χ2v) is 4.43. The van der Waals surface area contributed by atoms with Crippen molar-refractivity contribution < 1.29 is 19.1 Å². The Balaban J connectivity index is 2.12. The number of carbonyl (C=O) groups excluding carboxylic acids is 1. The Bertz CT molecular complexity index is 597. The second kappa shape index (κ2) is 5.57. The number of nitriles is 1. The number of likely N-dealkylation sites (tertiary alicyclic amines) is 1. The zero-order valence-electron chi connectivity index (χ0n) is 10.5. The fourth-order valence-corrected chi connectivity index (χ4v) is 2.15. The van der Waals surface area contributed by atoms with Gasteiger partial charge in [-0.1, -0.05) is 0 Å². The number of carboxylic acid groups (broad SMARTS) is 1. The van der Waals surface area contributed by atoms with Gasteiger partial charge in [-0.25, -0.2) is 14.0 Å². The van der Waals surface area contributed by atoms with Gasteiger partial charge in [0.2, 0.25) is 0 Å². The summed E-state index contributed by atoms with van der Waals surface area (Å²) in [5.41, 5.74) is 0.0722. The van der Waals surface area contributed by atoms with Crippen LogP contribution >= 0.6 is 0 Å². The number of nitrogens with one attached hydrogen (secondary N) is 1. The summed E-state index contributed by atoms with van der Waals surface area (Å²) in [6, 6.07) is 3.87. The van der Waals surface area contributed by atoms with Crippen molar-refractivity contribution in [2.75, 3.05) is 11.9 Å². The molecule has 2 rings (SSSR count). The number of aliphatic carboxylic acids is 1. The molecule has 0 radical (unpaired) electrons. The van der Waals surface area contributed by atoms with Crippen LogP contribution in [0.3, 0.4) is 0 Å². The van der Waals surface area contributed by atoms with Crippen LogP contribution in [0.4, 0.5) is 14.9 Å². The van der Waals surface area contributed by atoms with E-state index in [2.05, 4.69) is 5.32 Å². The fraction of sp³-hybridized carbons (Fsp3) is 0.308. The van der Waals surface area contributed by atoms with Crippen molar-refractivity contribution in [1.29, 1.82) is 5.26 Å². The number of hydrogen-bond acceptors (Lipinski definition) is 3. The summed E-state index contributed by atoms with van der Waals surface area (Å²) in [7, 11) is 0. The average Bonchev–Trinajstić information content (AvgIpc) is 2.90. The zero-order valence-corrected chi connectivity index (χ0v) is 10.5. The van der Waals surface area contributed by atoms with Gasteiger partial charge >= 0.3 is 12.0 Å². The quantitative estimate of drug-likeness (QED) is 0.861. The van der Waals surface area contributed by atoms with E-state index in [1.54, 1.807) is 6.07 Å². The van der Waals surface area contributed by atoms with Gasteiger partial charge in [0.15, 0.2) is 0 Å². The number of urea groups is 1. The molecule has 0 unspecified atom stereocenters. The van der Waals surface area contributed by atoms with Gasteiger partial charge in [0.25, 0.3) is 0 Å². The molecule has 1 aliphatic heterocycles. The monoisotopic (exact) mass is 277 g/mol. The van der Waals surface area contributed by atoms with Crippen LogP contribution in [0.1, 0.15) is 18.4 Å². The lowest BCUT2D eigenvalue weighted by Crippen LogP contribution is -2.42. The molecule has 7 heteroatoms. The highest BCUT2D eigenvalue weighted by molar-refractivity contribution is 5.92. The lowest BCUT2D eigenvalue weighted by molar-refractivity contribution is -0.141. The SMILES string of the molecule is N#Cc1cc(NC(=O)N2CCC[C@H]2C(=O)O)ccc1F. The first-order valence-electron chi connectivity index (χ1n) is 6.03. The van der Waals surface area contributed by atoms with Crippen molar-refractivity contribution in [3.63, 3.8) is 0 Å². The number of hydrogen-bond donors (Lipinski definition) is 2. The van der Waals surface area contributed by atoms with Crippen LogP contribution in [0, 0.1) is 17.1 Å². The lowest BCUT2D eigenvalue weighted by Gasteiger charge is -2.21. The maximum absolute atomic E-state index is 13.2. The molecule has 1 fully saturated rings. The van der Waals surface area contributed by atoms with Crippen molar-refractivity contribution >= 4 is 17.7 Å². The van der Waals surface area contributed by atoms with E-state index in [0.717, 1.165) is 6.07 Å². The number of carbonyl (C=O) groups is 2. The number of anilines is 1. The van der Waals surface area contributed by atoms with Gasteiger partial charge in [-0.2, -0.15) is 5.26 Å². The number of carboxylic acids is 1. The highest BCUT2D eigenvalue weighted by Gasteiger charge is 2.33. The molecule has 2 N–H and O–H groups in total. The molecule has 0 saturated carbocycles. The van der Waals surface area contributed by atoms with Crippen LogP contribution < -0.4 is 5.32 Å². The number of rotatable bonds is 2. The molecule has 104 valence electrons. The van der Waals surface area contributed by atoms with Crippen molar-refractivity contribution in [2.24, 2.45) is 0 Å². The smallest absolute Gasteiger partial charge is 0.326 e. The van der Waals surface area contributed by atoms with E-state index in [1.807, 2.05) is 0 Å². The Hall–Kier alpha value is -2.62. The van der Waals surface area contributed by atoms with E-state index < -0.39 is 23.9 Å². The minimum absolute atomic E-state index is 0.181. The normalized spacial score (nSPS) is 17.6. The molecule has 1 aliphatic rings. The number of amides is 2. The van der Waals surface area contributed by atoms with Gasteiger partial charge in [0.05, 0.1) is 5.56 Å².